The Morgan fingerprint density at radius 1 is 1.10 bits per heavy atom. The number of hydrogen-bond donors (Lipinski definition) is 0. The van der Waals surface area contributed by atoms with Crippen LogP contribution in [0, 0.1) is 0 Å². The summed E-state index contributed by atoms with van der Waals surface area (Å²) in [6.45, 7) is 5.83. The first kappa shape index (κ1) is 18.2. The minimum atomic E-state index is -0.253. The average Bonchev–Trinajstić information content (AvgIpc) is 3.25. The third-order valence-corrected chi connectivity index (χ3v) is 5.91. The number of oxazole rings is 1. The van der Waals surface area contributed by atoms with Crippen molar-refractivity contribution in [3.05, 3.63) is 64.9 Å². The van der Waals surface area contributed by atoms with Crippen LogP contribution in [0.15, 0.2) is 57.7 Å². The molecule has 0 amide bonds. The molecule has 0 unspecified atom stereocenters. The molecule has 4 aromatic rings. The molecule has 0 bridgehead atoms. The van der Waals surface area contributed by atoms with Crippen molar-refractivity contribution in [2.75, 3.05) is 13.1 Å². The molecule has 3 heterocycles. The summed E-state index contributed by atoms with van der Waals surface area (Å²) in [6.07, 6.45) is 3.13. The van der Waals surface area contributed by atoms with Crippen molar-refractivity contribution in [3.8, 4) is 0 Å². The number of aryl methyl sites for hydroxylation is 1. The first-order chi connectivity index (χ1) is 14.2. The third-order valence-electron chi connectivity index (χ3n) is 5.91. The van der Waals surface area contributed by atoms with Gasteiger partial charge in [0.05, 0.1) is 29.1 Å². The Morgan fingerprint density at radius 2 is 1.90 bits per heavy atom. The summed E-state index contributed by atoms with van der Waals surface area (Å²) in [6, 6.07) is 16.2. The highest BCUT2D eigenvalue weighted by molar-refractivity contribution is 5.76. The first-order valence-corrected chi connectivity index (χ1v) is 10.5. The second-order valence-corrected chi connectivity index (χ2v) is 7.91. The van der Waals surface area contributed by atoms with Gasteiger partial charge in [0.25, 0.3) is 0 Å². The van der Waals surface area contributed by atoms with Crippen molar-refractivity contribution in [2.45, 2.75) is 45.3 Å². The molecule has 0 N–H and O–H groups in total. The Balaban J connectivity index is 1.43. The molecule has 150 valence electrons. The van der Waals surface area contributed by atoms with Gasteiger partial charge in [-0.2, -0.15) is 0 Å². The second kappa shape index (κ2) is 7.52. The number of hydrogen-bond acceptors (Lipinski definition) is 4. The van der Waals surface area contributed by atoms with Gasteiger partial charge in [0.1, 0.15) is 5.82 Å². The maximum atomic E-state index is 12.5. The maximum absolute atomic E-state index is 12.5. The molecule has 0 spiro atoms. The van der Waals surface area contributed by atoms with Gasteiger partial charge in [-0.05, 0) is 50.1 Å². The van der Waals surface area contributed by atoms with Crippen LogP contribution in [-0.2, 0) is 13.1 Å². The number of aromatic nitrogens is 3. The van der Waals surface area contributed by atoms with Crippen molar-refractivity contribution < 1.29 is 4.42 Å². The van der Waals surface area contributed by atoms with Crippen LogP contribution in [0.25, 0.3) is 22.1 Å². The quantitative estimate of drug-likeness (QED) is 0.513. The number of likely N-dealkylation sites (tertiary alicyclic amines) is 1. The van der Waals surface area contributed by atoms with Crippen LogP contribution in [0.2, 0.25) is 0 Å². The fourth-order valence-electron chi connectivity index (χ4n) is 4.63. The standard InChI is InChI=1S/C23H26N4O2/c1-2-13-26-19-10-4-3-9-18(19)24-22(26)16-25-14-7-8-17(15-25)27-20-11-5-6-12-21(20)29-23(27)28/h3-6,9-12,17H,2,7-8,13-16H2,1H3/t17-/m1/s1. The van der Waals surface area contributed by atoms with E-state index >= 15 is 0 Å². The minimum absolute atomic E-state index is 0.129. The summed E-state index contributed by atoms with van der Waals surface area (Å²) in [7, 11) is 0. The van der Waals surface area contributed by atoms with Gasteiger partial charge in [-0.3, -0.25) is 9.47 Å². The Labute approximate surface area is 169 Å². The lowest BCUT2D eigenvalue weighted by Crippen LogP contribution is -2.39. The van der Waals surface area contributed by atoms with Crippen LogP contribution in [0.1, 0.15) is 38.1 Å². The van der Waals surface area contributed by atoms with Crippen molar-refractivity contribution >= 4 is 22.1 Å². The Morgan fingerprint density at radius 3 is 2.76 bits per heavy atom. The predicted octanol–water partition coefficient (Wildman–Crippen LogP) is 4.19. The topological polar surface area (TPSA) is 56.2 Å². The molecule has 6 nitrogen and oxygen atoms in total. The monoisotopic (exact) mass is 390 g/mol. The zero-order valence-corrected chi connectivity index (χ0v) is 16.8. The van der Waals surface area contributed by atoms with Gasteiger partial charge in [-0.15, -0.1) is 0 Å². The van der Waals surface area contributed by atoms with E-state index in [1.54, 1.807) is 0 Å². The summed E-state index contributed by atoms with van der Waals surface area (Å²) in [5, 5.41) is 0. The smallest absolute Gasteiger partial charge is 0.408 e. The van der Waals surface area contributed by atoms with Gasteiger partial charge in [0, 0.05) is 13.1 Å². The molecule has 1 aliphatic rings. The van der Waals surface area contributed by atoms with Gasteiger partial charge in [0.15, 0.2) is 5.58 Å². The van der Waals surface area contributed by atoms with Crippen LogP contribution in [0.5, 0.6) is 0 Å². The van der Waals surface area contributed by atoms with Gasteiger partial charge in [-0.1, -0.05) is 31.2 Å². The molecule has 2 aromatic heterocycles. The number of rotatable bonds is 5. The van der Waals surface area contributed by atoms with Crippen molar-refractivity contribution in [1.82, 2.24) is 19.0 Å². The summed E-state index contributed by atoms with van der Waals surface area (Å²) in [4.78, 5) is 19.9. The van der Waals surface area contributed by atoms with Crippen LogP contribution in [-0.4, -0.2) is 32.1 Å². The normalized spacial score (nSPS) is 18.0. The highest BCUT2D eigenvalue weighted by Gasteiger charge is 2.26. The first-order valence-electron chi connectivity index (χ1n) is 10.5. The van der Waals surface area contributed by atoms with Crippen LogP contribution in [0.3, 0.4) is 0 Å². The van der Waals surface area contributed by atoms with Crippen molar-refractivity contribution in [2.24, 2.45) is 0 Å². The number of piperidine rings is 1. The zero-order valence-electron chi connectivity index (χ0n) is 16.8. The molecule has 1 atom stereocenters. The molecule has 1 aliphatic heterocycles. The number of nitrogens with zero attached hydrogens (tertiary/aromatic N) is 4. The maximum Gasteiger partial charge on any atom is 0.420 e. The lowest BCUT2D eigenvalue weighted by atomic mass is 10.1. The molecule has 29 heavy (non-hydrogen) atoms. The second-order valence-electron chi connectivity index (χ2n) is 7.91. The highest BCUT2D eigenvalue weighted by atomic mass is 16.4. The Hall–Kier alpha value is -2.86. The SMILES string of the molecule is CCCn1c(CN2CCC[C@@H](n3c(=O)oc4ccccc43)C2)nc2ccccc21. The number of imidazole rings is 1. The van der Waals surface area contributed by atoms with E-state index in [2.05, 4.69) is 34.6 Å². The molecule has 2 aromatic carbocycles. The van der Waals surface area contributed by atoms with Crippen LogP contribution < -0.4 is 5.76 Å². The summed E-state index contributed by atoms with van der Waals surface area (Å²) < 4.78 is 9.66. The molecule has 6 heteroatoms. The zero-order chi connectivity index (χ0) is 19.8. The van der Waals surface area contributed by atoms with E-state index in [-0.39, 0.29) is 11.8 Å². The Bertz CT molecular complexity index is 1200. The predicted molar refractivity (Wildman–Crippen MR) is 114 cm³/mol. The number of fused-ring (bicyclic) bond motifs is 2. The molecule has 1 fully saturated rings. The van der Waals surface area contributed by atoms with E-state index in [4.69, 9.17) is 9.40 Å². The number of benzene rings is 2. The van der Waals surface area contributed by atoms with Crippen LogP contribution >= 0.6 is 0 Å². The fourth-order valence-corrected chi connectivity index (χ4v) is 4.63. The third kappa shape index (κ3) is 3.27. The van der Waals surface area contributed by atoms with Gasteiger partial charge < -0.3 is 8.98 Å². The largest absolute Gasteiger partial charge is 0.420 e. The van der Waals surface area contributed by atoms with Crippen molar-refractivity contribution in [1.29, 1.82) is 0 Å². The minimum Gasteiger partial charge on any atom is -0.408 e. The lowest BCUT2D eigenvalue weighted by Gasteiger charge is -2.32. The lowest BCUT2D eigenvalue weighted by molar-refractivity contribution is 0.163. The van der Waals surface area contributed by atoms with Gasteiger partial charge in [-0.25, -0.2) is 9.78 Å². The van der Waals surface area contributed by atoms with E-state index in [1.807, 2.05) is 34.9 Å². The summed E-state index contributed by atoms with van der Waals surface area (Å²) in [5.74, 6) is 0.856. The molecule has 0 radical (unpaired) electrons. The highest BCUT2D eigenvalue weighted by Crippen LogP contribution is 2.26. The Kier molecular flexibility index (Phi) is 4.72. The van der Waals surface area contributed by atoms with E-state index in [0.717, 1.165) is 62.3 Å². The number of para-hydroxylation sites is 4. The van der Waals surface area contributed by atoms with E-state index in [1.165, 1.54) is 5.52 Å². The van der Waals surface area contributed by atoms with Gasteiger partial charge >= 0.3 is 5.76 Å². The van der Waals surface area contributed by atoms with Gasteiger partial charge in [0.2, 0.25) is 0 Å². The molecule has 1 saturated heterocycles. The summed E-state index contributed by atoms with van der Waals surface area (Å²) >= 11 is 0. The summed E-state index contributed by atoms with van der Waals surface area (Å²) in [5.41, 5.74) is 3.82. The molecule has 0 aliphatic carbocycles. The van der Waals surface area contributed by atoms with E-state index < -0.39 is 0 Å². The van der Waals surface area contributed by atoms with Crippen LogP contribution in [0.4, 0.5) is 0 Å². The fraction of sp³-hybridized carbons (Fsp3) is 0.391. The van der Waals surface area contributed by atoms with E-state index in [0.29, 0.717) is 5.58 Å². The molecular weight excluding hydrogens is 364 g/mol. The molecule has 0 saturated carbocycles. The molecule has 5 rings (SSSR count). The average molecular weight is 390 g/mol. The van der Waals surface area contributed by atoms with E-state index in [9.17, 15) is 4.79 Å². The molecular formula is C23H26N4O2. The van der Waals surface area contributed by atoms with Crippen molar-refractivity contribution in [3.63, 3.8) is 0 Å².